The summed E-state index contributed by atoms with van der Waals surface area (Å²) in [6.07, 6.45) is 0. The van der Waals surface area contributed by atoms with E-state index in [1.807, 2.05) is 11.8 Å². The molecular weight excluding hydrogens is 264 g/mol. The van der Waals surface area contributed by atoms with Crippen molar-refractivity contribution in [2.75, 3.05) is 14.1 Å². The van der Waals surface area contributed by atoms with Crippen molar-refractivity contribution in [2.45, 2.75) is 16.6 Å². The molecule has 1 heterocycles. The normalized spacial score (nSPS) is 11.3. The minimum atomic E-state index is 0.892. The van der Waals surface area contributed by atoms with Crippen molar-refractivity contribution in [3.05, 3.63) is 60.7 Å². The van der Waals surface area contributed by atoms with Crippen LogP contribution in [0.25, 0.3) is 10.9 Å². The molecule has 3 heteroatoms. The Morgan fingerprint density at radius 1 is 0.950 bits per heavy atom. The van der Waals surface area contributed by atoms with Gasteiger partial charge < -0.3 is 4.57 Å². The number of para-hydroxylation sites is 1. The number of aromatic nitrogens is 1. The standard InChI is InChI=1S/C17H18N2S/c1-18(2)13-19-16-11-7-6-8-14(16)12-17(19)20-15-9-4-3-5-10-15/h3-12H,13H2,1-2H3. The zero-order valence-corrected chi connectivity index (χ0v) is 12.6. The van der Waals surface area contributed by atoms with Gasteiger partial charge in [-0.2, -0.15) is 0 Å². The molecule has 0 spiro atoms. The van der Waals surface area contributed by atoms with E-state index in [1.54, 1.807) is 0 Å². The molecule has 0 unspecified atom stereocenters. The van der Waals surface area contributed by atoms with Gasteiger partial charge in [-0.25, -0.2) is 0 Å². The topological polar surface area (TPSA) is 8.17 Å². The first-order valence-corrected chi connectivity index (χ1v) is 7.51. The van der Waals surface area contributed by atoms with Gasteiger partial charge in [0.15, 0.2) is 0 Å². The van der Waals surface area contributed by atoms with Gasteiger partial charge in [-0.15, -0.1) is 0 Å². The van der Waals surface area contributed by atoms with Gasteiger partial charge in [-0.1, -0.05) is 48.2 Å². The Bertz CT molecular complexity index is 701. The predicted octanol–water partition coefficient (Wildman–Crippen LogP) is 4.31. The van der Waals surface area contributed by atoms with Crippen LogP contribution < -0.4 is 0 Å². The first kappa shape index (κ1) is 13.3. The average Bonchev–Trinajstić information content (AvgIpc) is 2.78. The zero-order valence-electron chi connectivity index (χ0n) is 11.8. The maximum Gasteiger partial charge on any atom is 0.0818 e. The zero-order chi connectivity index (χ0) is 13.9. The van der Waals surface area contributed by atoms with E-state index in [4.69, 9.17) is 0 Å². The third-order valence-corrected chi connectivity index (χ3v) is 4.22. The van der Waals surface area contributed by atoms with Crippen LogP contribution in [0.2, 0.25) is 0 Å². The van der Waals surface area contributed by atoms with Crippen LogP contribution in [0.3, 0.4) is 0 Å². The van der Waals surface area contributed by atoms with Crippen LogP contribution in [0, 0.1) is 0 Å². The lowest BCUT2D eigenvalue weighted by atomic mass is 10.2. The van der Waals surface area contributed by atoms with Crippen molar-refractivity contribution in [2.24, 2.45) is 0 Å². The molecule has 20 heavy (non-hydrogen) atoms. The molecule has 0 fully saturated rings. The monoisotopic (exact) mass is 282 g/mol. The average molecular weight is 282 g/mol. The molecule has 2 nitrogen and oxygen atoms in total. The SMILES string of the molecule is CN(C)Cn1c(Sc2ccccc2)cc2ccccc21. The lowest BCUT2D eigenvalue weighted by molar-refractivity contribution is 0.321. The number of nitrogens with zero attached hydrogens (tertiary/aromatic N) is 2. The van der Waals surface area contributed by atoms with E-state index >= 15 is 0 Å². The smallest absolute Gasteiger partial charge is 0.0818 e. The molecule has 0 aliphatic carbocycles. The Morgan fingerprint density at radius 3 is 2.40 bits per heavy atom. The molecule has 0 radical (unpaired) electrons. The van der Waals surface area contributed by atoms with Crippen LogP contribution in [0.15, 0.2) is 70.6 Å². The minimum Gasteiger partial charge on any atom is -0.322 e. The molecule has 0 N–H and O–H groups in total. The Balaban J connectivity index is 2.04. The molecule has 0 bridgehead atoms. The molecule has 0 amide bonds. The third-order valence-electron chi connectivity index (χ3n) is 3.16. The number of benzene rings is 2. The highest BCUT2D eigenvalue weighted by Crippen LogP contribution is 2.32. The number of hydrogen-bond donors (Lipinski definition) is 0. The van der Waals surface area contributed by atoms with Gasteiger partial charge in [0, 0.05) is 10.3 Å². The van der Waals surface area contributed by atoms with Gasteiger partial charge in [-0.05, 0) is 38.4 Å². The van der Waals surface area contributed by atoms with Gasteiger partial charge in [0.1, 0.15) is 0 Å². The van der Waals surface area contributed by atoms with Crippen molar-refractivity contribution in [1.82, 2.24) is 9.47 Å². The lowest BCUT2D eigenvalue weighted by Crippen LogP contribution is -2.17. The summed E-state index contributed by atoms with van der Waals surface area (Å²) < 4.78 is 2.37. The van der Waals surface area contributed by atoms with E-state index in [0.717, 1.165) is 6.67 Å². The van der Waals surface area contributed by atoms with E-state index in [0.29, 0.717) is 0 Å². The molecule has 0 saturated heterocycles. The summed E-state index contributed by atoms with van der Waals surface area (Å²) in [7, 11) is 4.21. The highest BCUT2D eigenvalue weighted by atomic mass is 32.2. The summed E-state index contributed by atoms with van der Waals surface area (Å²) in [5.74, 6) is 0. The van der Waals surface area contributed by atoms with Crippen LogP contribution in [0.5, 0.6) is 0 Å². The highest BCUT2D eigenvalue weighted by Gasteiger charge is 2.10. The fourth-order valence-corrected chi connectivity index (χ4v) is 3.29. The largest absolute Gasteiger partial charge is 0.322 e. The van der Waals surface area contributed by atoms with E-state index in [-0.39, 0.29) is 0 Å². The van der Waals surface area contributed by atoms with Gasteiger partial charge in [0.2, 0.25) is 0 Å². The minimum absolute atomic E-state index is 0.892. The van der Waals surface area contributed by atoms with Crippen LogP contribution in [0.1, 0.15) is 0 Å². The van der Waals surface area contributed by atoms with Crippen molar-refractivity contribution >= 4 is 22.7 Å². The summed E-state index contributed by atoms with van der Waals surface area (Å²) in [4.78, 5) is 3.47. The Kier molecular flexibility index (Phi) is 3.81. The Morgan fingerprint density at radius 2 is 1.65 bits per heavy atom. The molecule has 0 atom stereocenters. The highest BCUT2D eigenvalue weighted by molar-refractivity contribution is 7.99. The van der Waals surface area contributed by atoms with E-state index in [9.17, 15) is 0 Å². The first-order chi connectivity index (χ1) is 9.74. The second-order valence-corrected chi connectivity index (χ2v) is 6.20. The Hall–Kier alpha value is -1.71. The number of fused-ring (bicyclic) bond motifs is 1. The maximum atomic E-state index is 2.37. The number of rotatable bonds is 4. The first-order valence-electron chi connectivity index (χ1n) is 6.70. The van der Waals surface area contributed by atoms with Crippen molar-refractivity contribution in [3.8, 4) is 0 Å². The molecule has 3 rings (SSSR count). The second kappa shape index (κ2) is 5.73. The van der Waals surface area contributed by atoms with Crippen molar-refractivity contribution in [1.29, 1.82) is 0 Å². The number of hydrogen-bond acceptors (Lipinski definition) is 2. The predicted molar refractivity (Wildman–Crippen MR) is 86.2 cm³/mol. The summed E-state index contributed by atoms with van der Waals surface area (Å²) in [6, 6.07) is 21.4. The van der Waals surface area contributed by atoms with Crippen LogP contribution in [-0.2, 0) is 6.67 Å². The van der Waals surface area contributed by atoms with Gasteiger partial charge in [0.05, 0.1) is 17.2 Å². The van der Waals surface area contributed by atoms with Crippen molar-refractivity contribution in [3.63, 3.8) is 0 Å². The Labute approximate surface area is 124 Å². The molecule has 1 aromatic heterocycles. The van der Waals surface area contributed by atoms with Gasteiger partial charge >= 0.3 is 0 Å². The molecule has 0 aliphatic rings. The summed E-state index contributed by atoms with van der Waals surface area (Å²) in [6.45, 7) is 0.892. The van der Waals surface area contributed by atoms with E-state index in [2.05, 4.69) is 84.2 Å². The van der Waals surface area contributed by atoms with Crippen LogP contribution >= 0.6 is 11.8 Å². The molecular formula is C17H18N2S. The quantitative estimate of drug-likeness (QED) is 0.704. The molecule has 102 valence electrons. The molecule has 0 aliphatic heterocycles. The fourth-order valence-electron chi connectivity index (χ4n) is 2.31. The van der Waals surface area contributed by atoms with E-state index < -0.39 is 0 Å². The summed E-state index contributed by atoms with van der Waals surface area (Å²) in [5, 5.41) is 2.58. The maximum absolute atomic E-state index is 2.37. The fraction of sp³-hybridized carbons (Fsp3) is 0.176. The van der Waals surface area contributed by atoms with Gasteiger partial charge in [0.25, 0.3) is 0 Å². The van der Waals surface area contributed by atoms with Gasteiger partial charge in [-0.3, -0.25) is 4.90 Å². The summed E-state index contributed by atoms with van der Waals surface area (Å²) in [5.41, 5.74) is 1.29. The molecule has 3 aromatic rings. The van der Waals surface area contributed by atoms with Crippen LogP contribution in [0.4, 0.5) is 0 Å². The third kappa shape index (κ3) is 2.74. The van der Waals surface area contributed by atoms with Crippen molar-refractivity contribution < 1.29 is 0 Å². The van der Waals surface area contributed by atoms with Crippen LogP contribution in [-0.4, -0.2) is 23.6 Å². The second-order valence-electron chi connectivity index (χ2n) is 5.11. The van der Waals surface area contributed by atoms with E-state index in [1.165, 1.54) is 20.8 Å². The molecule has 2 aromatic carbocycles. The summed E-state index contributed by atoms with van der Waals surface area (Å²) >= 11 is 1.82. The lowest BCUT2D eigenvalue weighted by Gasteiger charge is -2.15. The molecule has 0 saturated carbocycles.